The van der Waals surface area contributed by atoms with Crippen molar-refractivity contribution in [1.29, 1.82) is 0 Å². The number of hydrogen-bond acceptors (Lipinski definition) is 5. The number of carbonyl (C=O) groups excluding carboxylic acids is 1. The normalized spacial score (nSPS) is 20.3. The number of aryl methyl sites for hydroxylation is 1. The fourth-order valence-corrected chi connectivity index (χ4v) is 5.39. The molecule has 9 nitrogen and oxygen atoms in total. The molecule has 2 aromatic heterocycles. The van der Waals surface area contributed by atoms with E-state index in [0.717, 1.165) is 33.6 Å². The summed E-state index contributed by atoms with van der Waals surface area (Å²) < 4.78 is 9.14. The molecule has 5 rings (SSSR count). The van der Waals surface area contributed by atoms with E-state index in [4.69, 9.17) is 9.84 Å². The molecule has 0 spiro atoms. The van der Waals surface area contributed by atoms with Crippen molar-refractivity contribution in [3.63, 3.8) is 0 Å². The lowest BCUT2D eigenvalue weighted by Crippen LogP contribution is -2.55. The van der Waals surface area contributed by atoms with Gasteiger partial charge >= 0.3 is 6.03 Å². The summed E-state index contributed by atoms with van der Waals surface area (Å²) in [7, 11) is 3.43. The number of aliphatic hydroxyl groups is 1. The summed E-state index contributed by atoms with van der Waals surface area (Å²) in [5.41, 5.74) is 4.64. The molecule has 0 saturated heterocycles. The molecule has 0 saturated carbocycles. The van der Waals surface area contributed by atoms with Crippen LogP contribution in [0.5, 0.6) is 0 Å². The highest BCUT2D eigenvalue weighted by Crippen LogP contribution is 2.43. The second-order valence-electron chi connectivity index (χ2n) is 10.0. The number of ether oxygens (including phenoxy) is 1. The Balaban J connectivity index is 1.50. The van der Waals surface area contributed by atoms with Gasteiger partial charge in [0.2, 0.25) is 0 Å². The van der Waals surface area contributed by atoms with E-state index < -0.39 is 29.7 Å². The maximum atomic E-state index is 13.4. The van der Waals surface area contributed by atoms with Crippen LogP contribution in [0.25, 0.3) is 16.9 Å². The standard InChI is InChI=1S/C28H32N6O3/c1-17-22(18-15-29-33(4)16-18)32-34(19-11-7-6-8-12-19)26(17)31-27(36)30-23-20-13-9-10-14-21(20)28(2,3)25(37-5)24(23)35/h6-16,23-25,35H,1-5H3,(H2,30,31,36)/t23?,24-,25+/m0/s1. The molecule has 9 heteroatoms. The lowest BCUT2D eigenvalue weighted by Gasteiger charge is -2.46. The van der Waals surface area contributed by atoms with Gasteiger partial charge in [0.05, 0.1) is 24.0 Å². The van der Waals surface area contributed by atoms with Gasteiger partial charge in [0.1, 0.15) is 17.6 Å². The van der Waals surface area contributed by atoms with Crippen LogP contribution < -0.4 is 10.6 Å². The number of fused-ring (bicyclic) bond motifs is 1. The average molecular weight is 501 g/mol. The Morgan fingerprint density at radius 1 is 1.11 bits per heavy atom. The van der Waals surface area contributed by atoms with E-state index in [1.54, 1.807) is 22.7 Å². The Morgan fingerprint density at radius 3 is 2.49 bits per heavy atom. The summed E-state index contributed by atoms with van der Waals surface area (Å²) in [5, 5.41) is 26.3. The van der Waals surface area contributed by atoms with E-state index in [9.17, 15) is 9.90 Å². The third-order valence-electron chi connectivity index (χ3n) is 7.23. The van der Waals surface area contributed by atoms with E-state index in [-0.39, 0.29) is 0 Å². The minimum Gasteiger partial charge on any atom is -0.388 e. The number of para-hydroxylation sites is 1. The van der Waals surface area contributed by atoms with Crippen molar-refractivity contribution in [2.45, 2.75) is 44.4 Å². The number of amides is 2. The molecule has 192 valence electrons. The lowest BCUT2D eigenvalue weighted by atomic mass is 9.67. The zero-order valence-electron chi connectivity index (χ0n) is 21.6. The lowest BCUT2D eigenvalue weighted by molar-refractivity contribution is -0.0730. The van der Waals surface area contributed by atoms with E-state index in [2.05, 4.69) is 15.7 Å². The highest BCUT2D eigenvalue weighted by Gasteiger charge is 2.47. The minimum atomic E-state index is -0.938. The molecule has 1 aliphatic rings. The van der Waals surface area contributed by atoms with Crippen molar-refractivity contribution in [1.82, 2.24) is 24.9 Å². The number of aromatic nitrogens is 4. The van der Waals surface area contributed by atoms with Crippen LogP contribution in [0.3, 0.4) is 0 Å². The number of carbonyl (C=O) groups is 1. The molecule has 4 aromatic rings. The zero-order valence-corrected chi connectivity index (χ0v) is 21.6. The summed E-state index contributed by atoms with van der Waals surface area (Å²) >= 11 is 0. The monoisotopic (exact) mass is 500 g/mol. The molecule has 0 aliphatic heterocycles. The number of anilines is 1. The van der Waals surface area contributed by atoms with Gasteiger partial charge in [-0.05, 0) is 30.2 Å². The number of nitrogens with one attached hydrogen (secondary N) is 2. The van der Waals surface area contributed by atoms with Crippen LogP contribution in [-0.4, -0.2) is 50.0 Å². The van der Waals surface area contributed by atoms with Gasteiger partial charge in [0.25, 0.3) is 0 Å². The number of rotatable bonds is 5. The summed E-state index contributed by atoms with van der Waals surface area (Å²) in [5.74, 6) is 0.532. The molecule has 2 amide bonds. The van der Waals surface area contributed by atoms with Crippen LogP contribution in [0, 0.1) is 6.92 Å². The molecule has 0 bridgehead atoms. The predicted octanol–water partition coefficient (Wildman–Crippen LogP) is 4.11. The molecule has 2 aromatic carbocycles. The highest BCUT2D eigenvalue weighted by atomic mass is 16.5. The van der Waals surface area contributed by atoms with Gasteiger partial charge in [-0.1, -0.05) is 56.3 Å². The highest BCUT2D eigenvalue weighted by molar-refractivity contribution is 5.91. The number of hydrogen-bond donors (Lipinski definition) is 3. The van der Waals surface area contributed by atoms with Gasteiger partial charge < -0.3 is 15.2 Å². The molecule has 3 atom stereocenters. The molecule has 1 aliphatic carbocycles. The van der Waals surface area contributed by atoms with E-state index >= 15 is 0 Å². The number of methoxy groups -OCH3 is 1. The molecule has 2 heterocycles. The van der Waals surface area contributed by atoms with E-state index in [1.807, 2.05) is 88.6 Å². The van der Waals surface area contributed by atoms with Gasteiger partial charge in [0, 0.05) is 36.9 Å². The predicted molar refractivity (Wildman–Crippen MR) is 142 cm³/mol. The van der Waals surface area contributed by atoms with Crippen LogP contribution >= 0.6 is 0 Å². The third kappa shape index (κ3) is 4.30. The van der Waals surface area contributed by atoms with Crippen LogP contribution in [0.15, 0.2) is 67.0 Å². The average Bonchev–Trinajstić information content (AvgIpc) is 3.45. The van der Waals surface area contributed by atoms with Crippen LogP contribution in [0.4, 0.5) is 10.6 Å². The van der Waals surface area contributed by atoms with Crippen molar-refractivity contribution in [3.8, 4) is 16.9 Å². The van der Waals surface area contributed by atoms with E-state index in [0.29, 0.717) is 5.82 Å². The number of urea groups is 1. The van der Waals surface area contributed by atoms with Gasteiger partial charge in [-0.25, -0.2) is 9.48 Å². The van der Waals surface area contributed by atoms with Gasteiger partial charge in [-0.15, -0.1) is 0 Å². The first-order valence-electron chi connectivity index (χ1n) is 12.2. The molecular formula is C28H32N6O3. The van der Waals surface area contributed by atoms with E-state index in [1.165, 1.54) is 0 Å². The Hall–Kier alpha value is -3.95. The summed E-state index contributed by atoms with van der Waals surface area (Å²) in [6, 6.07) is 16.4. The first-order valence-corrected chi connectivity index (χ1v) is 12.2. The molecule has 0 fully saturated rings. The third-order valence-corrected chi connectivity index (χ3v) is 7.23. The SMILES string of the molecule is CO[C@@H]1[C@@H](O)C(NC(=O)Nc2c(C)c(-c3cnn(C)c3)nn2-c2ccccc2)c2ccccc2C1(C)C. The second kappa shape index (κ2) is 9.49. The topological polar surface area (TPSA) is 106 Å². The second-order valence-corrected chi connectivity index (χ2v) is 10.0. The fourth-order valence-electron chi connectivity index (χ4n) is 5.39. The molecule has 3 N–H and O–H groups in total. The molecule has 0 radical (unpaired) electrons. The fraction of sp³-hybridized carbons (Fsp3) is 0.321. The largest absolute Gasteiger partial charge is 0.388 e. The first kappa shape index (κ1) is 24.7. The Morgan fingerprint density at radius 2 is 1.81 bits per heavy atom. The van der Waals surface area contributed by atoms with Crippen molar-refractivity contribution >= 4 is 11.8 Å². The number of nitrogens with zero attached hydrogens (tertiary/aromatic N) is 4. The smallest absolute Gasteiger partial charge is 0.320 e. The summed E-state index contributed by atoms with van der Waals surface area (Å²) in [6.07, 6.45) is 2.20. The first-order chi connectivity index (χ1) is 17.7. The van der Waals surface area contributed by atoms with Crippen molar-refractivity contribution < 1.29 is 14.6 Å². The van der Waals surface area contributed by atoms with Crippen LogP contribution in [0.2, 0.25) is 0 Å². The maximum Gasteiger partial charge on any atom is 0.320 e. The number of benzene rings is 2. The van der Waals surface area contributed by atoms with Crippen molar-refractivity contribution in [2.75, 3.05) is 12.4 Å². The summed E-state index contributed by atoms with van der Waals surface area (Å²) in [4.78, 5) is 13.4. The van der Waals surface area contributed by atoms with Crippen LogP contribution in [-0.2, 0) is 17.2 Å². The van der Waals surface area contributed by atoms with Gasteiger partial charge in [-0.2, -0.15) is 10.2 Å². The Kier molecular flexibility index (Phi) is 6.35. The molecular weight excluding hydrogens is 468 g/mol. The quantitative estimate of drug-likeness (QED) is 0.382. The molecule has 1 unspecified atom stereocenters. The number of aliphatic hydroxyl groups excluding tert-OH is 1. The Bertz CT molecular complexity index is 1420. The minimum absolute atomic E-state index is 0.430. The zero-order chi connectivity index (χ0) is 26.3. The van der Waals surface area contributed by atoms with Gasteiger partial charge in [0.15, 0.2) is 0 Å². The summed E-state index contributed by atoms with van der Waals surface area (Å²) in [6.45, 7) is 6.00. The Labute approximate surface area is 216 Å². The van der Waals surface area contributed by atoms with Crippen molar-refractivity contribution in [2.24, 2.45) is 7.05 Å². The van der Waals surface area contributed by atoms with Crippen molar-refractivity contribution in [3.05, 3.63) is 83.7 Å². The molecule has 37 heavy (non-hydrogen) atoms. The maximum absolute atomic E-state index is 13.4. The van der Waals surface area contributed by atoms with Crippen LogP contribution in [0.1, 0.15) is 36.6 Å². The van der Waals surface area contributed by atoms with Gasteiger partial charge in [-0.3, -0.25) is 10.00 Å².